The third-order valence-electron chi connectivity index (χ3n) is 4.73. The number of carbonyl (C=O) groups excluding carboxylic acids is 1. The molecule has 2 aromatic heterocycles. The highest BCUT2D eigenvalue weighted by molar-refractivity contribution is 5.74. The van der Waals surface area contributed by atoms with E-state index in [9.17, 15) is 18.0 Å². The number of hydrogen-bond acceptors (Lipinski definition) is 5. The topological polar surface area (TPSA) is 89.4 Å². The molecule has 0 saturated carbocycles. The molecule has 7 nitrogen and oxygen atoms in total. The first-order valence-corrected chi connectivity index (χ1v) is 8.01. The van der Waals surface area contributed by atoms with E-state index >= 15 is 0 Å². The Morgan fingerprint density at radius 2 is 1.84 bits per heavy atom. The van der Waals surface area contributed by atoms with E-state index in [1.54, 1.807) is 6.92 Å². The molecule has 3 rings (SSSR count). The summed E-state index contributed by atoms with van der Waals surface area (Å²) in [7, 11) is 0. The lowest BCUT2D eigenvalue weighted by atomic mass is 9.93. The summed E-state index contributed by atoms with van der Waals surface area (Å²) in [5, 5.41) is 11.1. The number of piperidine rings is 1. The first-order valence-electron chi connectivity index (χ1n) is 8.01. The van der Waals surface area contributed by atoms with E-state index in [0.29, 0.717) is 30.9 Å². The van der Waals surface area contributed by atoms with Crippen molar-refractivity contribution in [3.63, 3.8) is 0 Å². The Hall–Kier alpha value is -2.39. The number of carbonyl (C=O) groups is 1. The van der Waals surface area contributed by atoms with Gasteiger partial charge in [-0.05, 0) is 32.6 Å². The highest BCUT2D eigenvalue weighted by atomic mass is 19.4. The van der Waals surface area contributed by atoms with Crippen molar-refractivity contribution in [2.24, 2.45) is 11.7 Å². The maximum atomic E-state index is 13.1. The molecule has 10 heteroatoms. The van der Waals surface area contributed by atoms with Crippen LogP contribution in [0.5, 0.6) is 0 Å². The normalized spacial score (nSPS) is 16.6. The number of anilines is 1. The van der Waals surface area contributed by atoms with E-state index < -0.39 is 12.0 Å². The van der Waals surface area contributed by atoms with Crippen LogP contribution in [-0.2, 0) is 11.0 Å². The maximum absolute atomic E-state index is 13.1. The van der Waals surface area contributed by atoms with Gasteiger partial charge in [0.1, 0.15) is 0 Å². The second-order valence-corrected chi connectivity index (χ2v) is 6.43. The zero-order chi connectivity index (χ0) is 18.4. The molecule has 0 spiro atoms. The number of aromatic nitrogens is 4. The van der Waals surface area contributed by atoms with E-state index in [4.69, 9.17) is 5.73 Å². The number of primary amides is 1. The molecule has 1 aliphatic rings. The van der Waals surface area contributed by atoms with E-state index in [2.05, 4.69) is 15.3 Å². The number of alkyl halides is 3. The molecule has 2 N–H and O–H groups in total. The number of nitrogens with two attached hydrogens (primary N) is 1. The summed E-state index contributed by atoms with van der Waals surface area (Å²) in [6.45, 7) is 4.75. The quantitative estimate of drug-likeness (QED) is 0.907. The van der Waals surface area contributed by atoms with Gasteiger partial charge in [-0.2, -0.15) is 17.7 Å². The van der Waals surface area contributed by atoms with Gasteiger partial charge < -0.3 is 10.6 Å². The monoisotopic (exact) mass is 356 g/mol. The summed E-state index contributed by atoms with van der Waals surface area (Å²) in [5.74, 6) is -0.757. The zero-order valence-electron chi connectivity index (χ0n) is 14.0. The average Bonchev–Trinajstić information content (AvgIpc) is 2.95. The minimum atomic E-state index is -4.63. The molecular formula is C15H19F3N6O. The SMILES string of the molecule is Cc1c(N2CCC(CC(N)=O)CC2)nn2c(C(F)(F)F)nnc2c1C. The van der Waals surface area contributed by atoms with Gasteiger partial charge in [0, 0.05) is 30.6 Å². The van der Waals surface area contributed by atoms with Crippen LogP contribution in [0.25, 0.3) is 5.65 Å². The number of fused-ring (bicyclic) bond motifs is 1. The number of amides is 1. The van der Waals surface area contributed by atoms with Crippen molar-refractivity contribution < 1.29 is 18.0 Å². The Kier molecular flexibility index (Phi) is 4.29. The second kappa shape index (κ2) is 6.16. The van der Waals surface area contributed by atoms with Crippen LogP contribution >= 0.6 is 0 Å². The smallest absolute Gasteiger partial charge is 0.370 e. The Labute approximate surface area is 142 Å². The van der Waals surface area contributed by atoms with Gasteiger partial charge in [0.2, 0.25) is 5.91 Å². The Bertz CT molecular complexity index is 808. The number of halogens is 3. The molecule has 1 fully saturated rings. The van der Waals surface area contributed by atoms with Crippen molar-refractivity contribution in [1.82, 2.24) is 19.8 Å². The molecule has 3 heterocycles. The summed E-state index contributed by atoms with van der Waals surface area (Å²) in [4.78, 5) is 13.0. The molecule has 2 aromatic rings. The minimum Gasteiger partial charge on any atom is -0.370 e. The average molecular weight is 356 g/mol. The predicted molar refractivity (Wildman–Crippen MR) is 84.0 cm³/mol. The largest absolute Gasteiger partial charge is 0.453 e. The van der Waals surface area contributed by atoms with Gasteiger partial charge in [-0.15, -0.1) is 15.3 Å². The molecule has 0 unspecified atom stereocenters. The third kappa shape index (κ3) is 3.24. The first-order chi connectivity index (χ1) is 11.7. The summed E-state index contributed by atoms with van der Waals surface area (Å²) in [5.41, 5.74) is 6.74. The highest BCUT2D eigenvalue weighted by Crippen LogP contribution is 2.32. The van der Waals surface area contributed by atoms with Crippen molar-refractivity contribution in [2.75, 3.05) is 18.0 Å². The lowest BCUT2D eigenvalue weighted by Crippen LogP contribution is -2.36. The lowest BCUT2D eigenvalue weighted by Gasteiger charge is -2.33. The van der Waals surface area contributed by atoms with Crippen LogP contribution in [0.1, 0.15) is 36.2 Å². The van der Waals surface area contributed by atoms with Gasteiger partial charge in [0.25, 0.3) is 5.82 Å². The fourth-order valence-electron chi connectivity index (χ4n) is 3.22. The molecule has 25 heavy (non-hydrogen) atoms. The number of aryl methyl sites for hydroxylation is 1. The summed E-state index contributed by atoms with van der Waals surface area (Å²) < 4.78 is 40.1. The van der Waals surface area contributed by atoms with Gasteiger partial charge in [0.15, 0.2) is 11.5 Å². The van der Waals surface area contributed by atoms with Crippen molar-refractivity contribution in [3.8, 4) is 0 Å². The molecule has 0 aromatic carbocycles. The van der Waals surface area contributed by atoms with Crippen LogP contribution in [0.15, 0.2) is 0 Å². The van der Waals surface area contributed by atoms with Crippen LogP contribution < -0.4 is 10.6 Å². The minimum absolute atomic E-state index is 0.109. The zero-order valence-corrected chi connectivity index (χ0v) is 14.0. The summed E-state index contributed by atoms with van der Waals surface area (Å²) in [6, 6.07) is 0. The first kappa shape index (κ1) is 17.4. The van der Waals surface area contributed by atoms with Gasteiger partial charge >= 0.3 is 6.18 Å². The van der Waals surface area contributed by atoms with Crippen molar-refractivity contribution in [2.45, 2.75) is 39.3 Å². The summed E-state index contributed by atoms with van der Waals surface area (Å²) in [6.07, 6.45) is -2.80. The molecule has 1 aliphatic heterocycles. The fraction of sp³-hybridized carbons (Fsp3) is 0.600. The fourth-order valence-corrected chi connectivity index (χ4v) is 3.22. The van der Waals surface area contributed by atoms with Crippen molar-refractivity contribution >= 4 is 17.4 Å². The molecule has 0 bridgehead atoms. The highest BCUT2D eigenvalue weighted by Gasteiger charge is 2.38. The van der Waals surface area contributed by atoms with Crippen molar-refractivity contribution in [3.05, 3.63) is 17.0 Å². The van der Waals surface area contributed by atoms with Crippen LogP contribution in [0.3, 0.4) is 0 Å². The molecule has 136 valence electrons. The van der Waals surface area contributed by atoms with E-state index in [1.807, 2.05) is 11.8 Å². The molecule has 0 atom stereocenters. The van der Waals surface area contributed by atoms with Gasteiger partial charge in [-0.25, -0.2) is 0 Å². The van der Waals surface area contributed by atoms with Crippen LogP contribution in [0, 0.1) is 19.8 Å². The second-order valence-electron chi connectivity index (χ2n) is 6.43. The van der Waals surface area contributed by atoms with Gasteiger partial charge in [-0.1, -0.05) is 0 Å². The van der Waals surface area contributed by atoms with E-state index in [-0.39, 0.29) is 17.5 Å². The third-order valence-corrected chi connectivity index (χ3v) is 4.73. The van der Waals surface area contributed by atoms with Crippen LogP contribution in [-0.4, -0.2) is 38.8 Å². The Balaban J connectivity index is 1.94. The predicted octanol–water partition coefficient (Wildman–Crippen LogP) is 1.85. The Morgan fingerprint density at radius 1 is 1.20 bits per heavy atom. The van der Waals surface area contributed by atoms with Gasteiger partial charge in [0.05, 0.1) is 0 Å². The van der Waals surface area contributed by atoms with Crippen molar-refractivity contribution in [1.29, 1.82) is 0 Å². The maximum Gasteiger partial charge on any atom is 0.453 e. The van der Waals surface area contributed by atoms with E-state index in [1.165, 1.54) is 0 Å². The molecule has 0 aliphatic carbocycles. The molecule has 1 amide bonds. The Morgan fingerprint density at radius 3 is 2.40 bits per heavy atom. The molecule has 0 radical (unpaired) electrons. The number of hydrogen-bond donors (Lipinski definition) is 1. The standard InChI is InChI=1S/C15H19F3N6O/c1-8-9(2)13(23-5-3-10(4-6-23)7-11(19)25)22-24-12(8)20-21-14(24)15(16,17)18/h10H,3-7H2,1-2H3,(H2,19,25). The van der Waals surface area contributed by atoms with Crippen LogP contribution in [0.4, 0.5) is 19.0 Å². The summed E-state index contributed by atoms with van der Waals surface area (Å²) >= 11 is 0. The lowest BCUT2D eigenvalue weighted by molar-refractivity contribution is -0.146. The number of nitrogens with zero attached hydrogens (tertiary/aromatic N) is 5. The molecule has 1 saturated heterocycles. The number of rotatable bonds is 3. The van der Waals surface area contributed by atoms with Crippen LogP contribution in [0.2, 0.25) is 0 Å². The van der Waals surface area contributed by atoms with E-state index in [0.717, 1.165) is 22.9 Å². The van der Waals surface area contributed by atoms with Gasteiger partial charge in [-0.3, -0.25) is 4.79 Å². The molecular weight excluding hydrogens is 337 g/mol.